The molecule has 0 atom stereocenters. The second-order valence-electron chi connectivity index (χ2n) is 7.33. The number of benzene rings is 3. The molecule has 34 heavy (non-hydrogen) atoms. The van der Waals surface area contributed by atoms with Crippen molar-refractivity contribution in [3.05, 3.63) is 72.3 Å². The fourth-order valence-electron chi connectivity index (χ4n) is 3.48. The molecule has 0 fully saturated rings. The van der Waals surface area contributed by atoms with Crippen LogP contribution in [0.1, 0.15) is 10.4 Å². The maximum atomic E-state index is 13.1. The summed E-state index contributed by atoms with van der Waals surface area (Å²) in [6.07, 6.45) is 0. The van der Waals surface area contributed by atoms with Gasteiger partial charge in [0, 0.05) is 0 Å². The van der Waals surface area contributed by atoms with Crippen molar-refractivity contribution in [1.29, 1.82) is 0 Å². The van der Waals surface area contributed by atoms with Gasteiger partial charge in [0.05, 0.1) is 21.8 Å². The number of carbonyl (C=O) groups is 3. The zero-order valence-corrected chi connectivity index (χ0v) is 18.3. The number of nitrogens with zero attached hydrogens (tertiary/aromatic N) is 1. The first-order chi connectivity index (χ1) is 16.2. The number of fused-ring (bicyclic) bond motifs is 1. The number of aliphatic carboxylic acids is 1. The highest BCUT2D eigenvalue weighted by molar-refractivity contribution is 7.92. The van der Waals surface area contributed by atoms with Crippen molar-refractivity contribution in [2.45, 2.75) is 4.90 Å². The van der Waals surface area contributed by atoms with Crippen LogP contribution < -0.4 is 14.4 Å². The van der Waals surface area contributed by atoms with Gasteiger partial charge in [0.15, 0.2) is 6.61 Å². The quantitative estimate of drug-likeness (QED) is 0.465. The molecule has 0 saturated carbocycles. The largest absolute Gasteiger partial charge is 0.482 e. The van der Waals surface area contributed by atoms with E-state index in [4.69, 9.17) is 9.84 Å². The van der Waals surface area contributed by atoms with Gasteiger partial charge in [-0.2, -0.15) is 0 Å². The Morgan fingerprint density at radius 1 is 0.971 bits per heavy atom. The molecule has 3 aromatic rings. The van der Waals surface area contributed by atoms with Gasteiger partial charge < -0.3 is 14.9 Å². The van der Waals surface area contributed by atoms with E-state index in [2.05, 4.69) is 4.72 Å². The highest BCUT2D eigenvalue weighted by atomic mass is 32.2. The van der Waals surface area contributed by atoms with Gasteiger partial charge in [-0.15, -0.1) is 0 Å². The van der Waals surface area contributed by atoms with Crippen LogP contribution in [0.15, 0.2) is 71.6 Å². The van der Waals surface area contributed by atoms with Crippen molar-refractivity contribution in [2.24, 2.45) is 0 Å². The minimum absolute atomic E-state index is 0.0144. The van der Waals surface area contributed by atoms with Crippen LogP contribution in [-0.4, -0.2) is 49.6 Å². The molecule has 0 spiro atoms. The SMILES string of the molecule is O=C(O)CN1C(=O)COc2ccc(S(=O)(=O)Nc3ccc(-c4ccccc4)cc3C(=O)O)cc21. The first-order valence-electron chi connectivity index (χ1n) is 9.90. The van der Waals surface area contributed by atoms with E-state index in [9.17, 15) is 27.9 Å². The standard InChI is InChI=1S/C23H18N2O8S/c26-21-13-33-20-9-7-16(11-19(20)25(21)12-22(27)28)34(31,32)24-18-8-6-15(10-17(18)23(29)30)14-4-2-1-3-5-14/h1-11,24H,12-13H2,(H,27,28)(H,29,30). The van der Waals surface area contributed by atoms with Gasteiger partial charge in [0.25, 0.3) is 15.9 Å². The molecule has 0 bridgehead atoms. The van der Waals surface area contributed by atoms with E-state index in [1.54, 1.807) is 30.3 Å². The number of hydrogen-bond donors (Lipinski definition) is 3. The third kappa shape index (κ3) is 4.55. The lowest BCUT2D eigenvalue weighted by atomic mass is 10.0. The zero-order chi connectivity index (χ0) is 24.5. The van der Waals surface area contributed by atoms with Crippen LogP contribution in [0.2, 0.25) is 0 Å². The van der Waals surface area contributed by atoms with Crippen LogP contribution in [0.5, 0.6) is 5.75 Å². The van der Waals surface area contributed by atoms with Gasteiger partial charge in [0.1, 0.15) is 12.3 Å². The number of hydrogen-bond acceptors (Lipinski definition) is 6. The molecule has 1 heterocycles. The van der Waals surface area contributed by atoms with Crippen LogP contribution >= 0.6 is 0 Å². The van der Waals surface area contributed by atoms with Gasteiger partial charge in [-0.05, 0) is 41.5 Å². The fourth-order valence-corrected chi connectivity index (χ4v) is 4.58. The highest BCUT2D eigenvalue weighted by Gasteiger charge is 2.29. The molecule has 3 aromatic carbocycles. The van der Waals surface area contributed by atoms with E-state index in [-0.39, 0.29) is 34.2 Å². The summed E-state index contributed by atoms with van der Waals surface area (Å²) < 4.78 is 33.7. The number of ether oxygens (including phenoxy) is 1. The van der Waals surface area contributed by atoms with Gasteiger partial charge in [-0.3, -0.25) is 19.2 Å². The van der Waals surface area contributed by atoms with Crippen molar-refractivity contribution in [2.75, 3.05) is 22.8 Å². The number of rotatable bonds is 7. The zero-order valence-electron chi connectivity index (χ0n) is 17.5. The molecule has 1 aliphatic heterocycles. The average Bonchev–Trinajstić information content (AvgIpc) is 2.81. The lowest BCUT2D eigenvalue weighted by Gasteiger charge is -2.28. The Kier molecular flexibility index (Phi) is 5.95. The number of amides is 1. The molecule has 0 radical (unpaired) electrons. The van der Waals surface area contributed by atoms with Gasteiger partial charge in [-0.25, -0.2) is 13.2 Å². The van der Waals surface area contributed by atoms with Crippen LogP contribution in [0.4, 0.5) is 11.4 Å². The molecule has 0 aliphatic carbocycles. The second kappa shape index (κ2) is 8.87. The molecule has 4 rings (SSSR count). The lowest BCUT2D eigenvalue weighted by molar-refractivity contribution is -0.137. The van der Waals surface area contributed by atoms with Crippen molar-refractivity contribution < 1.29 is 37.8 Å². The number of aromatic carboxylic acids is 1. The van der Waals surface area contributed by atoms with Gasteiger partial charge in [-0.1, -0.05) is 36.4 Å². The molecule has 10 nitrogen and oxygen atoms in total. The summed E-state index contributed by atoms with van der Waals surface area (Å²) in [5, 5.41) is 18.8. The molecule has 1 amide bonds. The maximum Gasteiger partial charge on any atom is 0.337 e. The fraction of sp³-hybridized carbons (Fsp3) is 0.0870. The monoisotopic (exact) mass is 482 g/mol. The maximum absolute atomic E-state index is 13.1. The van der Waals surface area contributed by atoms with Crippen molar-refractivity contribution >= 4 is 39.2 Å². The Bertz CT molecular complexity index is 1400. The van der Waals surface area contributed by atoms with Crippen molar-refractivity contribution in [3.8, 4) is 16.9 Å². The molecule has 3 N–H and O–H groups in total. The molecule has 0 aromatic heterocycles. The predicted molar refractivity (Wildman–Crippen MR) is 122 cm³/mol. The summed E-state index contributed by atoms with van der Waals surface area (Å²) in [6, 6.07) is 16.9. The third-order valence-corrected chi connectivity index (χ3v) is 6.44. The van der Waals surface area contributed by atoms with Crippen LogP contribution in [0.3, 0.4) is 0 Å². The Hall–Kier alpha value is -4.38. The van der Waals surface area contributed by atoms with E-state index in [1.807, 2.05) is 6.07 Å². The molecule has 1 aliphatic rings. The Morgan fingerprint density at radius 3 is 2.38 bits per heavy atom. The van der Waals surface area contributed by atoms with E-state index in [0.29, 0.717) is 5.56 Å². The van der Waals surface area contributed by atoms with E-state index < -0.39 is 34.4 Å². The van der Waals surface area contributed by atoms with Crippen molar-refractivity contribution in [1.82, 2.24) is 0 Å². The third-order valence-electron chi connectivity index (χ3n) is 5.08. The molecule has 0 saturated heterocycles. The van der Waals surface area contributed by atoms with E-state index >= 15 is 0 Å². The molecular formula is C23H18N2O8S. The highest BCUT2D eigenvalue weighted by Crippen LogP contribution is 2.35. The summed E-state index contributed by atoms with van der Waals surface area (Å²) in [4.78, 5) is 35.7. The molecule has 0 unspecified atom stereocenters. The van der Waals surface area contributed by atoms with Gasteiger partial charge in [0.2, 0.25) is 0 Å². The second-order valence-corrected chi connectivity index (χ2v) is 9.01. The van der Waals surface area contributed by atoms with E-state index in [0.717, 1.165) is 16.5 Å². The smallest absolute Gasteiger partial charge is 0.337 e. The minimum atomic E-state index is -4.30. The molecule has 11 heteroatoms. The number of carbonyl (C=O) groups excluding carboxylic acids is 1. The topological polar surface area (TPSA) is 150 Å². The van der Waals surface area contributed by atoms with E-state index in [1.165, 1.54) is 24.3 Å². The first-order valence-corrected chi connectivity index (χ1v) is 11.4. The summed E-state index contributed by atoms with van der Waals surface area (Å²) in [6.45, 7) is -1.05. The number of carboxylic acid groups (broad SMARTS) is 2. The Labute approximate surface area is 194 Å². The predicted octanol–water partition coefficient (Wildman–Crippen LogP) is 2.66. The van der Waals surface area contributed by atoms with Crippen LogP contribution in [-0.2, 0) is 19.6 Å². The molecule has 174 valence electrons. The van der Waals surface area contributed by atoms with Gasteiger partial charge >= 0.3 is 11.9 Å². The number of nitrogens with one attached hydrogen (secondary N) is 1. The normalized spacial score (nSPS) is 13.1. The average molecular weight is 482 g/mol. The summed E-state index contributed by atoms with van der Waals surface area (Å²) in [5.41, 5.74) is 0.930. The first kappa shape index (κ1) is 22.8. The summed E-state index contributed by atoms with van der Waals surface area (Å²) in [7, 11) is -4.30. The number of carboxylic acids is 2. The Balaban J connectivity index is 1.70. The minimum Gasteiger partial charge on any atom is -0.482 e. The lowest BCUT2D eigenvalue weighted by Crippen LogP contribution is -2.42. The van der Waals surface area contributed by atoms with Crippen molar-refractivity contribution in [3.63, 3.8) is 0 Å². The summed E-state index contributed by atoms with van der Waals surface area (Å²) in [5.74, 6) is -3.09. The Morgan fingerprint density at radius 2 is 1.71 bits per heavy atom. The summed E-state index contributed by atoms with van der Waals surface area (Å²) >= 11 is 0. The van der Waals surface area contributed by atoms with Crippen LogP contribution in [0, 0.1) is 0 Å². The van der Waals surface area contributed by atoms with Crippen LogP contribution in [0.25, 0.3) is 11.1 Å². The molecular weight excluding hydrogens is 464 g/mol. The number of sulfonamides is 1. The number of anilines is 2.